The van der Waals surface area contributed by atoms with Gasteiger partial charge in [0.05, 0.1) is 6.61 Å². The zero-order chi connectivity index (χ0) is 13.1. The first-order valence-corrected chi connectivity index (χ1v) is 7.45. The topological polar surface area (TPSA) is 38.7 Å². The van der Waals surface area contributed by atoms with Crippen molar-refractivity contribution in [1.29, 1.82) is 0 Å². The van der Waals surface area contributed by atoms with Crippen molar-refractivity contribution in [2.24, 2.45) is 0 Å². The molecule has 2 N–H and O–H groups in total. The van der Waals surface area contributed by atoms with Gasteiger partial charge in [-0.3, -0.25) is 9.80 Å². The number of hydrogen-bond acceptors (Lipinski definition) is 4. The fraction of sp³-hybridized carbons (Fsp3) is 1.00. The zero-order valence-corrected chi connectivity index (χ0v) is 12.1. The van der Waals surface area contributed by atoms with Crippen LogP contribution in [0, 0.1) is 0 Å². The molecule has 3 atom stereocenters. The molecule has 0 aliphatic carbocycles. The fourth-order valence-electron chi connectivity index (χ4n) is 3.42. The third-order valence-electron chi connectivity index (χ3n) is 4.31. The molecule has 0 aromatic heterocycles. The SMILES string of the molecule is CC(C)NC(CO)CN1CC2CCCN2CC1C. The van der Waals surface area contributed by atoms with E-state index >= 15 is 0 Å². The molecule has 2 aliphatic rings. The molecule has 0 bridgehead atoms. The van der Waals surface area contributed by atoms with Gasteiger partial charge in [-0.2, -0.15) is 0 Å². The van der Waals surface area contributed by atoms with Crippen molar-refractivity contribution in [3.8, 4) is 0 Å². The molecule has 18 heavy (non-hydrogen) atoms. The summed E-state index contributed by atoms with van der Waals surface area (Å²) in [4.78, 5) is 5.20. The van der Waals surface area contributed by atoms with E-state index in [1.807, 2.05) is 0 Å². The zero-order valence-electron chi connectivity index (χ0n) is 12.1. The van der Waals surface area contributed by atoms with Gasteiger partial charge in [-0.15, -0.1) is 0 Å². The van der Waals surface area contributed by atoms with Gasteiger partial charge >= 0.3 is 0 Å². The van der Waals surface area contributed by atoms with E-state index in [-0.39, 0.29) is 12.6 Å². The summed E-state index contributed by atoms with van der Waals surface area (Å²) in [5, 5.41) is 12.9. The molecule has 0 spiro atoms. The lowest BCUT2D eigenvalue weighted by molar-refractivity contribution is 0.0452. The number of hydrogen-bond donors (Lipinski definition) is 2. The Kier molecular flexibility index (Phi) is 5.01. The van der Waals surface area contributed by atoms with Crippen LogP contribution in [0.1, 0.15) is 33.6 Å². The van der Waals surface area contributed by atoms with Gasteiger partial charge in [0.1, 0.15) is 0 Å². The van der Waals surface area contributed by atoms with Gasteiger partial charge < -0.3 is 10.4 Å². The molecule has 106 valence electrons. The van der Waals surface area contributed by atoms with Crippen LogP contribution < -0.4 is 5.32 Å². The molecule has 0 radical (unpaired) electrons. The van der Waals surface area contributed by atoms with Gasteiger partial charge in [-0.05, 0) is 26.3 Å². The number of nitrogens with zero attached hydrogens (tertiary/aromatic N) is 2. The maximum absolute atomic E-state index is 9.48. The molecular weight excluding hydrogens is 226 g/mol. The summed E-state index contributed by atoms with van der Waals surface area (Å²) >= 11 is 0. The molecule has 0 aromatic rings. The minimum absolute atomic E-state index is 0.209. The van der Waals surface area contributed by atoms with Gasteiger partial charge in [-0.25, -0.2) is 0 Å². The lowest BCUT2D eigenvalue weighted by Crippen LogP contribution is -2.58. The smallest absolute Gasteiger partial charge is 0.0597 e. The van der Waals surface area contributed by atoms with Crippen LogP contribution in [0.5, 0.6) is 0 Å². The van der Waals surface area contributed by atoms with Crippen LogP contribution in [0.2, 0.25) is 0 Å². The maximum atomic E-state index is 9.48. The molecule has 0 saturated carbocycles. The van der Waals surface area contributed by atoms with Crippen LogP contribution >= 0.6 is 0 Å². The van der Waals surface area contributed by atoms with Crippen molar-refractivity contribution in [1.82, 2.24) is 15.1 Å². The highest BCUT2D eigenvalue weighted by molar-refractivity contribution is 4.92. The Morgan fingerprint density at radius 1 is 1.33 bits per heavy atom. The molecule has 4 nitrogen and oxygen atoms in total. The molecule has 2 rings (SSSR count). The normalized spacial score (nSPS) is 31.8. The van der Waals surface area contributed by atoms with Crippen molar-refractivity contribution in [2.45, 2.75) is 57.8 Å². The summed E-state index contributed by atoms with van der Waals surface area (Å²) in [6.45, 7) is 11.5. The van der Waals surface area contributed by atoms with Crippen LogP contribution in [0.25, 0.3) is 0 Å². The molecule has 3 unspecified atom stereocenters. The fourth-order valence-corrected chi connectivity index (χ4v) is 3.42. The van der Waals surface area contributed by atoms with Crippen LogP contribution in [-0.2, 0) is 0 Å². The Morgan fingerprint density at radius 3 is 2.78 bits per heavy atom. The molecule has 0 amide bonds. The molecule has 4 heteroatoms. The van der Waals surface area contributed by atoms with Crippen LogP contribution in [0.4, 0.5) is 0 Å². The number of fused-ring (bicyclic) bond motifs is 1. The van der Waals surface area contributed by atoms with Gasteiger partial charge in [0.15, 0.2) is 0 Å². The predicted molar refractivity (Wildman–Crippen MR) is 74.8 cm³/mol. The lowest BCUT2D eigenvalue weighted by Gasteiger charge is -2.43. The molecule has 2 aliphatic heterocycles. The standard InChI is InChI=1S/C14H29N3O/c1-11(2)15-13(10-18)8-17-9-14-5-4-6-16(14)7-12(17)3/h11-15,18H,4-10H2,1-3H3. The van der Waals surface area contributed by atoms with Crippen molar-refractivity contribution >= 4 is 0 Å². The Morgan fingerprint density at radius 2 is 2.11 bits per heavy atom. The quantitative estimate of drug-likeness (QED) is 0.751. The van der Waals surface area contributed by atoms with E-state index in [9.17, 15) is 5.11 Å². The largest absolute Gasteiger partial charge is 0.395 e. The second-order valence-electron chi connectivity index (χ2n) is 6.29. The molecular formula is C14H29N3O. The molecule has 2 heterocycles. The third-order valence-corrected chi connectivity index (χ3v) is 4.31. The lowest BCUT2D eigenvalue weighted by atomic mass is 10.1. The van der Waals surface area contributed by atoms with E-state index < -0.39 is 0 Å². The van der Waals surface area contributed by atoms with Crippen LogP contribution in [0.3, 0.4) is 0 Å². The van der Waals surface area contributed by atoms with E-state index in [1.54, 1.807) is 0 Å². The highest BCUT2D eigenvalue weighted by Gasteiger charge is 2.34. The summed E-state index contributed by atoms with van der Waals surface area (Å²) in [5.41, 5.74) is 0. The van der Waals surface area contributed by atoms with Crippen LogP contribution in [-0.4, -0.2) is 71.9 Å². The summed E-state index contributed by atoms with van der Waals surface area (Å²) in [6, 6.07) is 2.02. The Hall–Kier alpha value is -0.160. The first-order chi connectivity index (χ1) is 8.60. The van der Waals surface area contributed by atoms with Crippen molar-refractivity contribution in [3.63, 3.8) is 0 Å². The van der Waals surface area contributed by atoms with E-state index in [0.717, 1.165) is 12.6 Å². The van der Waals surface area contributed by atoms with Gasteiger partial charge in [0.2, 0.25) is 0 Å². The number of rotatable bonds is 5. The highest BCUT2D eigenvalue weighted by Crippen LogP contribution is 2.24. The van der Waals surface area contributed by atoms with Crippen LogP contribution in [0.15, 0.2) is 0 Å². The number of aliphatic hydroxyl groups excluding tert-OH is 1. The number of aliphatic hydroxyl groups is 1. The summed E-state index contributed by atoms with van der Waals surface area (Å²) in [5.74, 6) is 0. The summed E-state index contributed by atoms with van der Waals surface area (Å²) < 4.78 is 0. The minimum atomic E-state index is 0.209. The highest BCUT2D eigenvalue weighted by atomic mass is 16.3. The third kappa shape index (κ3) is 3.44. The Balaban J connectivity index is 1.87. The average molecular weight is 255 g/mol. The van der Waals surface area contributed by atoms with E-state index in [0.29, 0.717) is 12.1 Å². The maximum Gasteiger partial charge on any atom is 0.0597 e. The number of nitrogens with one attached hydrogen (secondary N) is 1. The molecule has 0 aromatic carbocycles. The Bertz CT molecular complexity index is 259. The average Bonchev–Trinajstić information content (AvgIpc) is 2.74. The second kappa shape index (κ2) is 6.33. The van der Waals surface area contributed by atoms with E-state index in [1.165, 1.54) is 32.5 Å². The van der Waals surface area contributed by atoms with Crippen molar-refractivity contribution in [3.05, 3.63) is 0 Å². The molecule has 2 saturated heterocycles. The van der Waals surface area contributed by atoms with Crippen molar-refractivity contribution in [2.75, 3.05) is 32.8 Å². The monoisotopic (exact) mass is 255 g/mol. The Labute approximate surface area is 111 Å². The second-order valence-corrected chi connectivity index (χ2v) is 6.29. The van der Waals surface area contributed by atoms with E-state index in [4.69, 9.17) is 0 Å². The van der Waals surface area contributed by atoms with Gasteiger partial charge in [0, 0.05) is 43.8 Å². The predicted octanol–water partition coefficient (Wildman–Crippen LogP) is 0.514. The van der Waals surface area contributed by atoms with E-state index in [2.05, 4.69) is 35.9 Å². The summed E-state index contributed by atoms with van der Waals surface area (Å²) in [7, 11) is 0. The van der Waals surface area contributed by atoms with Gasteiger partial charge in [0.25, 0.3) is 0 Å². The molecule has 2 fully saturated rings. The van der Waals surface area contributed by atoms with Crippen molar-refractivity contribution < 1.29 is 5.11 Å². The first-order valence-electron chi connectivity index (χ1n) is 7.45. The number of piperazine rings is 1. The van der Waals surface area contributed by atoms with Gasteiger partial charge in [-0.1, -0.05) is 13.8 Å². The minimum Gasteiger partial charge on any atom is -0.395 e. The summed E-state index contributed by atoms with van der Waals surface area (Å²) in [6.07, 6.45) is 2.71. The first kappa shape index (κ1) is 14.3.